The molecular weight excluding hydrogens is 289 g/mol. The number of ether oxygens (including phenoxy) is 1. The van der Waals surface area contributed by atoms with Crippen molar-refractivity contribution in [3.8, 4) is 0 Å². The summed E-state index contributed by atoms with van der Waals surface area (Å²) in [6, 6.07) is 1.93. The van der Waals surface area contributed by atoms with Crippen LogP contribution >= 0.6 is 0 Å². The van der Waals surface area contributed by atoms with Crippen LogP contribution in [0.4, 0.5) is 18.0 Å². The van der Waals surface area contributed by atoms with Crippen molar-refractivity contribution in [3.05, 3.63) is 29.1 Å². The van der Waals surface area contributed by atoms with Crippen LogP contribution in [0, 0.1) is 0 Å². The van der Waals surface area contributed by atoms with Crippen molar-refractivity contribution in [2.75, 3.05) is 0 Å². The van der Waals surface area contributed by atoms with Crippen LogP contribution < -0.4 is 5.32 Å². The van der Waals surface area contributed by atoms with Crippen LogP contribution in [0.15, 0.2) is 12.1 Å². The molecule has 1 heterocycles. The van der Waals surface area contributed by atoms with Crippen molar-refractivity contribution >= 4 is 12.4 Å². The van der Waals surface area contributed by atoms with E-state index in [1.807, 2.05) is 0 Å². The highest BCUT2D eigenvalue weighted by molar-refractivity contribution is 5.72. The topological polar surface area (TPSA) is 68.3 Å². The summed E-state index contributed by atoms with van der Waals surface area (Å²) in [5, 5.41) is 2.31. The molecule has 0 fully saturated rings. The summed E-state index contributed by atoms with van der Waals surface area (Å²) in [7, 11) is 0. The van der Waals surface area contributed by atoms with E-state index in [1.54, 1.807) is 20.8 Å². The first-order valence-electron chi connectivity index (χ1n) is 6.01. The largest absolute Gasteiger partial charge is 0.444 e. The van der Waals surface area contributed by atoms with E-state index >= 15 is 0 Å². The lowest BCUT2D eigenvalue weighted by Gasteiger charge is -2.19. The van der Waals surface area contributed by atoms with Gasteiger partial charge in [-0.2, -0.15) is 13.2 Å². The number of alkyl carbamates (subject to hydrolysis) is 1. The second-order valence-electron chi connectivity index (χ2n) is 5.26. The number of hydrogen-bond acceptors (Lipinski definition) is 4. The first kappa shape index (κ1) is 16.9. The van der Waals surface area contributed by atoms with Crippen LogP contribution in [0.25, 0.3) is 0 Å². The molecule has 0 saturated carbocycles. The van der Waals surface area contributed by atoms with Crippen molar-refractivity contribution in [1.29, 1.82) is 0 Å². The third-order valence-electron chi connectivity index (χ3n) is 2.15. The zero-order valence-corrected chi connectivity index (χ0v) is 11.7. The second-order valence-corrected chi connectivity index (χ2v) is 5.26. The Balaban J connectivity index is 2.84. The molecule has 0 saturated heterocycles. The number of nitrogens with zero attached hydrogens (tertiary/aromatic N) is 1. The molecule has 0 spiro atoms. The van der Waals surface area contributed by atoms with E-state index in [0.717, 1.165) is 6.07 Å². The van der Waals surface area contributed by atoms with Gasteiger partial charge in [-0.1, -0.05) is 0 Å². The Morgan fingerprint density at radius 2 is 1.95 bits per heavy atom. The Hall–Kier alpha value is -2.12. The van der Waals surface area contributed by atoms with Gasteiger partial charge in [0, 0.05) is 6.54 Å². The standard InChI is InChI=1S/C13H15F3N2O3/c1-12(2,3)21-11(20)17-6-8-4-9(7-19)18-10(5-8)13(14,15)16/h4-5,7H,6H2,1-3H3,(H,17,20). The fraction of sp³-hybridized carbons (Fsp3) is 0.462. The van der Waals surface area contributed by atoms with E-state index in [2.05, 4.69) is 10.3 Å². The molecule has 0 atom stereocenters. The van der Waals surface area contributed by atoms with Gasteiger partial charge in [-0.3, -0.25) is 4.79 Å². The molecule has 1 aromatic heterocycles. The summed E-state index contributed by atoms with van der Waals surface area (Å²) >= 11 is 0. The number of nitrogens with one attached hydrogen (secondary N) is 1. The van der Waals surface area contributed by atoms with Crippen LogP contribution in [0.2, 0.25) is 0 Å². The van der Waals surface area contributed by atoms with Crippen molar-refractivity contribution in [1.82, 2.24) is 10.3 Å². The molecule has 0 bridgehead atoms. The Labute approximate surface area is 119 Å². The monoisotopic (exact) mass is 304 g/mol. The number of pyridine rings is 1. The minimum absolute atomic E-state index is 0.102. The van der Waals surface area contributed by atoms with E-state index in [-0.39, 0.29) is 24.1 Å². The van der Waals surface area contributed by atoms with E-state index in [9.17, 15) is 22.8 Å². The van der Waals surface area contributed by atoms with Crippen molar-refractivity contribution in [3.63, 3.8) is 0 Å². The molecule has 1 rings (SSSR count). The van der Waals surface area contributed by atoms with Crippen molar-refractivity contribution in [2.45, 2.75) is 39.1 Å². The van der Waals surface area contributed by atoms with Crippen LogP contribution in [0.5, 0.6) is 0 Å². The third kappa shape index (κ3) is 5.80. The Morgan fingerprint density at radius 1 is 1.33 bits per heavy atom. The van der Waals surface area contributed by atoms with Crippen molar-refractivity contribution < 1.29 is 27.5 Å². The number of amides is 1. The molecule has 0 aliphatic heterocycles. The van der Waals surface area contributed by atoms with Crippen molar-refractivity contribution in [2.24, 2.45) is 0 Å². The Kier molecular flexibility index (Phi) is 4.93. The maximum Gasteiger partial charge on any atom is 0.433 e. The van der Waals surface area contributed by atoms with Gasteiger partial charge < -0.3 is 10.1 Å². The Bertz CT molecular complexity index is 536. The molecule has 21 heavy (non-hydrogen) atoms. The molecule has 116 valence electrons. The molecular formula is C13H15F3N2O3. The van der Waals surface area contributed by atoms with Gasteiger partial charge in [-0.05, 0) is 38.5 Å². The fourth-order valence-corrected chi connectivity index (χ4v) is 1.41. The lowest BCUT2D eigenvalue weighted by atomic mass is 10.2. The summed E-state index contributed by atoms with van der Waals surface area (Å²) in [5.74, 6) is 0. The smallest absolute Gasteiger partial charge is 0.433 e. The van der Waals surface area contributed by atoms with Gasteiger partial charge in [0.1, 0.15) is 17.0 Å². The lowest BCUT2D eigenvalue weighted by Crippen LogP contribution is -2.32. The van der Waals surface area contributed by atoms with Gasteiger partial charge in [0.15, 0.2) is 6.29 Å². The summed E-state index contributed by atoms with van der Waals surface area (Å²) < 4.78 is 42.8. The molecule has 1 amide bonds. The number of alkyl halides is 3. The normalized spacial score (nSPS) is 11.9. The second kappa shape index (κ2) is 6.11. The van der Waals surface area contributed by atoms with Crippen LogP contribution in [-0.2, 0) is 17.5 Å². The highest BCUT2D eigenvalue weighted by atomic mass is 19.4. The summed E-state index contributed by atoms with van der Waals surface area (Å²) in [6.45, 7) is 4.77. The summed E-state index contributed by atoms with van der Waals surface area (Å²) in [5.41, 5.74) is -2.16. The third-order valence-corrected chi connectivity index (χ3v) is 2.15. The van der Waals surface area contributed by atoms with Gasteiger partial charge in [-0.25, -0.2) is 9.78 Å². The molecule has 0 radical (unpaired) electrons. The molecule has 0 aliphatic rings. The molecule has 5 nitrogen and oxygen atoms in total. The number of rotatable bonds is 3. The first-order chi connectivity index (χ1) is 9.51. The quantitative estimate of drug-likeness (QED) is 0.872. The maximum absolute atomic E-state index is 12.6. The predicted octanol–water partition coefficient (Wildman–Crippen LogP) is 2.94. The number of aromatic nitrogens is 1. The van der Waals surface area contributed by atoms with Crippen LogP contribution in [-0.4, -0.2) is 23.0 Å². The SMILES string of the molecule is CC(C)(C)OC(=O)NCc1cc(C=O)nc(C(F)(F)F)c1. The fourth-order valence-electron chi connectivity index (χ4n) is 1.41. The number of carbonyl (C=O) groups is 2. The van der Waals surface area contributed by atoms with Crippen LogP contribution in [0.1, 0.15) is 42.5 Å². The van der Waals surface area contributed by atoms with Gasteiger partial charge in [0.2, 0.25) is 0 Å². The van der Waals surface area contributed by atoms with Gasteiger partial charge in [-0.15, -0.1) is 0 Å². The lowest BCUT2D eigenvalue weighted by molar-refractivity contribution is -0.141. The minimum Gasteiger partial charge on any atom is -0.444 e. The molecule has 0 aromatic carbocycles. The highest BCUT2D eigenvalue weighted by Crippen LogP contribution is 2.28. The molecule has 0 unspecified atom stereocenters. The average molecular weight is 304 g/mol. The summed E-state index contributed by atoms with van der Waals surface area (Å²) in [6.07, 6.45) is -5.22. The average Bonchev–Trinajstić information content (AvgIpc) is 2.33. The van der Waals surface area contributed by atoms with E-state index < -0.39 is 23.6 Å². The molecule has 1 aromatic rings. The van der Waals surface area contributed by atoms with E-state index in [4.69, 9.17) is 4.74 Å². The van der Waals surface area contributed by atoms with Crippen LogP contribution in [0.3, 0.4) is 0 Å². The first-order valence-corrected chi connectivity index (χ1v) is 6.01. The number of aldehydes is 1. The number of carbonyl (C=O) groups excluding carboxylic acids is 2. The van der Waals surface area contributed by atoms with E-state index in [1.165, 1.54) is 6.07 Å². The number of halogens is 3. The maximum atomic E-state index is 12.6. The van der Waals surface area contributed by atoms with Gasteiger partial charge in [0.05, 0.1) is 0 Å². The molecule has 0 aliphatic carbocycles. The molecule has 1 N–H and O–H groups in total. The summed E-state index contributed by atoms with van der Waals surface area (Å²) in [4.78, 5) is 25.2. The Morgan fingerprint density at radius 3 is 2.43 bits per heavy atom. The van der Waals surface area contributed by atoms with Gasteiger partial charge >= 0.3 is 12.3 Å². The van der Waals surface area contributed by atoms with Gasteiger partial charge in [0.25, 0.3) is 0 Å². The number of hydrogen-bond donors (Lipinski definition) is 1. The predicted molar refractivity (Wildman–Crippen MR) is 67.7 cm³/mol. The molecule has 8 heteroatoms. The minimum atomic E-state index is -4.67. The van der Waals surface area contributed by atoms with E-state index in [0.29, 0.717) is 0 Å². The highest BCUT2D eigenvalue weighted by Gasteiger charge is 2.33. The zero-order chi connectivity index (χ0) is 16.3. The zero-order valence-electron chi connectivity index (χ0n) is 11.7.